The number of nitrogens with zero attached hydrogens (tertiary/aromatic N) is 1. The molecule has 0 aromatic heterocycles. The van der Waals surface area contributed by atoms with Crippen molar-refractivity contribution in [2.45, 2.75) is 11.8 Å². The van der Waals surface area contributed by atoms with E-state index in [9.17, 15) is 13.2 Å². The van der Waals surface area contributed by atoms with Crippen molar-refractivity contribution in [2.75, 3.05) is 11.4 Å². The third kappa shape index (κ3) is 5.28. The predicted molar refractivity (Wildman–Crippen MR) is 124 cm³/mol. The smallest absolute Gasteiger partial charge is 0.271 e. The maximum atomic E-state index is 13.4. The fraction of sp³-hybridized carbons (Fsp3) is 0.0870. The van der Waals surface area contributed by atoms with E-state index in [0.717, 1.165) is 9.87 Å². The summed E-state index contributed by atoms with van der Waals surface area (Å²) in [6, 6.07) is 17.3. The Morgan fingerprint density at radius 3 is 2.16 bits per heavy atom. The van der Waals surface area contributed by atoms with Gasteiger partial charge in [-0.25, -0.2) is 8.42 Å². The van der Waals surface area contributed by atoms with Crippen LogP contribution in [0, 0.1) is 6.92 Å². The van der Waals surface area contributed by atoms with E-state index in [1.54, 1.807) is 42.5 Å². The third-order valence-corrected chi connectivity index (χ3v) is 6.91. The molecule has 3 rings (SSSR count). The van der Waals surface area contributed by atoms with Crippen molar-refractivity contribution in [3.8, 4) is 5.75 Å². The predicted octanol–water partition coefficient (Wildman–Crippen LogP) is 5.75. The lowest BCUT2D eigenvalue weighted by molar-refractivity contribution is -0.113. The van der Waals surface area contributed by atoms with Crippen molar-refractivity contribution in [3.63, 3.8) is 0 Å². The van der Waals surface area contributed by atoms with Crippen molar-refractivity contribution in [1.82, 2.24) is 0 Å². The van der Waals surface area contributed by atoms with Crippen LogP contribution in [0.25, 0.3) is 6.08 Å². The molecule has 0 saturated carbocycles. The van der Waals surface area contributed by atoms with Crippen LogP contribution in [-0.4, -0.2) is 21.4 Å². The van der Waals surface area contributed by atoms with E-state index in [1.807, 2.05) is 6.92 Å². The standard InChI is InChI=1S/C23H19Cl2NO4S/c1-16-3-11-20(12-4-16)31(28,29)26(18-7-9-19(30-2)10-8-18)23(27)14-6-17-5-13-21(24)22(25)15-17/h3-15H,1-2H3/b14-6+. The van der Waals surface area contributed by atoms with Gasteiger partial charge < -0.3 is 4.74 Å². The van der Waals surface area contributed by atoms with E-state index < -0.39 is 15.9 Å². The summed E-state index contributed by atoms with van der Waals surface area (Å²) in [5, 5.41) is 0.711. The Kier molecular flexibility index (Phi) is 7.05. The number of sulfonamides is 1. The second-order valence-corrected chi connectivity index (χ2v) is 9.23. The zero-order chi connectivity index (χ0) is 22.6. The van der Waals surface area contributed by atoms with Gasteiger partial charge in [-0.05, 0) is 67.1 Å². The molecule has 0 saturated heterocycles. The van der Waals surface area contributed by atoms with Gasteiger partial charge in [0.2, 0.25) is 0 Å². The van der Waals surface area contributed by atoms with Crippen LogP contribution < -0.4 is 9.04 Å². The van der Waals surface area contributed by atoms with Gasteiger partial charge in [0.1, 0.15) is 5.75 Å². The van der Waals surface area contributed by atoms with E-state index in [1.165, 1.54) is 43.5 Å². The Hall–Kier alpha value is -2.80. The van der Waals surface area contributed by atoms with Crippen molar-refractivity contribution in [2.24, 2.45) is 0 Å². The molecule has 3 aromatic carbocycles. The number of rotatable bonds is 6. The first-order valence-corrected chi connectivity index (χ1v) is 11.3. The van der Waals surface area contributed by atoms with Crippen molar-refractivity contribution >= 4 is 50.9 Å². The quantitative estimate of drug-likeness (QED) is 0.426. The van der Waals surface area contributed by atoms with Crippen LogP contribution in [-0.2, 0) is 14.8 Å². The fourth-order valence-corrected chi connectivity index (χ4v) is 4.46. The summed E-state index contributed by atoms with van der Waals surface area (Å²) in [6.07, 6.45) is 2.65. The Balaban J connectivity index is 2.03. The number of carbonyl (C=O) groups is 1. The molecular weight excluding hydrogens is 457 g/mol. The van der Waals surface area contributed by atoms with E-state index in [2.05, 4.69) is 0 Å². The molecule has 0 atom stereocenters. The molecule has 0 aliphatic rings. The van der Waals surface area contributed by atoms with Gasteiger partial charge in [-0.3, -0.25) is 4.79 Å². The number of hydrogen-bond donors (Lipinski definition) is 0. The highest BCUT2D eigenvalue weighted by molar-refractivity contribution is 7.93. The zero-order valence-electron chi connectivity index (χ0n) is 16.7. The summed E-state index contributed by atoms with van der Waals surface area (Å²) in [5.74, 6) is -0.202. The average molecular weight is 476 g/mol. The first kappa shape index (κ1) is 22.9. The molecule has 160 valence electrons. The van der Waals surface area contributed by atoms with Crippen LogP contribution in [0.3, 0.4) is 0 Å². The molecule has 0 spiro atoms. The van der Waals surface area contributed by atoms with Gasteiger partial charge in [-0.1, -0.05) is 47.0 Å². The molecule has 0 aliphatic heterocycles. The van der Waals surface area contributed by atoms with Crippen LogP contribution >= 0.6 is 23.2 Å². The lowest BCUT2D eigenvalue weighted by atomic mass is 10.2. The molecule has 0 aliphatic carbocycles. The summed E-state index contributed by atoms with van der Waals surface area (Å²) in [5.41, 5.74) is 1.69. The number of aryl methyl sites for hydroxylation is 1. The van der Waals surface area contributed by atoms with E-state index in [-0.39, 0.29) is 10.6 Å². The highest BCUT2D eigenvalue weighted by Gasteiger charge is 2.29. The first-order valence-electron chi connectivity index (χ1n) is 9.15. The Bertz CT molecular complexity index is 1220. The second-order valence-electron chi connectivity index (χ2n) is 6.63. The maximum absolute atomic E-state index is 13.4. The second kappa shape index (κ2) is 9.56. The maximum Gasteiger partial charge on any atom is 0.271 e. The third-order valence-electron chi connectivity index (χ3n) is 4.43. The SMILES string of the molecule is COc1ccc(N(C(=O)/C=C/c2ccc(Cl)c(Cl)c2)S(=O)(=O)c2ccc(C)cc2)cc1. The van der Waals surface area contributed by atoms with Crippen LogP contribution in [0.2, 0.25) is 10.0 Å². The number of halogens is 2. The highest BCUT2D eigenvalue weighted by atomic mass is 35.5. The average Bonchev–Trinajstić information content (AvgIpc) is 2.75. The normalized spacial score (nSPS) is 11.5. The van der Waals surface area contributed by atoms with Gasteiger partial charge in [0.15, 0.2) is 0 Å². The molecular formula is C23H19Cl2NO4S. The monoisotopic (exact) mass is 475 g/mol. The zero-order valence-corrected chi connectivity index (χ0v) is 19.1. The van der Waals surface area contributed by atoms with E-state index in [0.29, 0.717) is 21.4 Å². The molecule has 0 heterocycles. The van der Waals surface area contributed by atoms with Crippen LogP contribution in [0.5, 0.6) is 5.75 Å². The van der Waals surface area contributed by atoms with Crippen LogP contribution in [0.15, 0.2) is 77.7 Å². The minimum atomic E-state index is -4.16. The summed E-state index contributed by atoms with van der Waals surface area (Å²) in [7, 11) is -2.66. The van der Waals surface area contributed by atoms with Crippen molar-refractivity contribution in [1.29, 1.82) is 0 Å². The topological polar surface area (TPSA) is 63.7 Å². The minimum Gasteiger partial charge on any atom is -0.497 e. The number of methoxy groups -OCH3 is 1. The largest absolute Gasteiger partial charge is 0.497 e. The summed E-state index contributed by atoms with van der Waals surface area (Å²) >= 11 is 11.9. The Labute approximate surface area is 191 Å². The lowest BCUT2D eigenvalue weighted by Crippen LogP contribution is -2.35. The summed E-state index contributed by atoms with van der Waals surface area (Å²) in [4.78, 5) is 13.1. The van der Waals surface area contributed by atoms with Crippen molar-refractivity contribution in [3.05, 3.63) is 94.0 Å². The number of ether oxygens (including phenoxy) is 1. The molecule has 0 radical (unpaired) electrons. The van der Waals surface area contributed by atoms with Gasteiger partial charge >= 0.3 is 0 Å². The van der Waals surface area contributed by atoms with Crippen molar-refractivity contribution < 1.29 is 17.9 Å². The molecule has 0 N–H and O–H groups in total. The van der Waals surface area contributed by atoms with Gasteiger partial charge in [0.25, 0.3) is 15.9 Å². The highest BCUT2D eigenvalue weighted by Crippen LogP contribution is 2.27. The van der Waals surface area contributed by atoms with E-state index >= 15 is 0 Å². The number of benzene rings is 3. The lowest BCUT2D eigenvalue weighted by Gasteiger charge is -2.21. The number of anilines is 1. The summed E-state index contributed by atoms with van der Waals surface area (Å²) in [6.45, 7) is 1.85. The van der Waals surface area contributed by atoms with E-state index in [4.69, 9.17) is 27.9 Å². The van der Waals surface area contributed by atoms with Gasteiger partial charge in [-0.15, -0.1) is 0 Å². The molecule has 8 heteroatoms. The Morgan fingerprint density at radius 2 is 1.58 bits per heavy atom. The number of amides is 1. The minimum absolute atomic E-state index is 0.00482. The fourth-order valence-electron chi connectivity index (χ4n) is 2.77. The number of carbonyl (C=O) groups excluding carboxylic acids is 1. The summed E-state index contributed by atoms with van der Waals surface area (Å²) < 4.78 is 32.6. The first-order chi connectivity index (χ1) is 14.7. The number of hydrogen-bond acceptors (Lipinski definition) is 4. The molecule has 31 heavy (non-hydrogen) atoms. The van der Waals surface area contributed by atoms with Gasteiger partial charge in [0, 0.05) is 6.08 Å². The molecule has 5 nitrogen and oxygen atoms in total. The van der Waals surface area contributed by atoms with Crippen LogP contribution in [0.4, 0.5) is 5.69 Å². The Morgan fingerprint density at radius 1 is 0.935 bits per heavy atom. The molecule has 0 unspecified atom stereocenters. The molecule has 0 fully saturated rings. The molecule has 3 aromatic rings. The van der Waals surface area contributed by atoms with Gasteiger partial charge in [0.05, 0.1) is 27.7 Å². The van der Waals surface area contributed by atoms with Crippen LogP contribution in [0.1, 0.15) is 11.1 Å². The molecule has 1 amide bonds. The molecule has 0 bridgehead atoms. The van der Waals surface area contributed by atoms with Gasteiger partial charge in [-0.2, -0.15) is 4.31 Å².